The maximum atomic E-state index is 12.2. The molecule has 0 amide bonds. The summed E-state index contributed by atoms with van der Waals surface area (Å²) in [6.45, 7) is 4.16. The molecule has 0 spiro atoms. The average Bonchev–Trinajstić information content (AvgIpc) is 3.07. The number of aromatic amines is 1. The summed E-state index contributed by atoms with van der Waals surface area (Å²) in [5.41, 5.74) is 1.97. The van der Waals surface area contributed by atoms with Crippen molar-refractivity contribution in [1.82, 2.24) is 9.55 Å². The highest BCUT2D eigenvalue weighted by Gasteiger charge is 2.47. The number of hydrogen-bond acceptors (Lipinski definition) is 1. The smallest absolute Gasteiger partial charge is 0.310 e. The molecule has 1 aromatic carbocycles. The average molecular weight is 277 g/mol. The largest absolute Gasteiger partial charge is 0.326 e. The second kappa shape index (κ2) is 4.27. The Morgan fingerprint density at radius 2 is 1.89 bits per heavy atom. The van der Waals surface area contributed by atoms with E-state index in [2.05, 4.69) is 18.8 Å². The van der Waals surface area contributed by atoms with E-state index in [9.17, 15) is 4.79 Å². The molecule has 0 atom stereocenters. The highest BCUT2D eigenvalue weighted by Crippen LogP contribution is 2.48. The zero-order chi connectivity index (χ0) is 13.6. The molecule has 2 aromatic rings. The second-order valence-corrected chi connectivity index (χ2v) is 6.01. The lowest BCUT2D eigenvalue weighted by molar-refractivity contribution is 0.554. The summed E-state index contributed by atoms with van der Waals surface area (Å²) in [6.07, 6.45) is 3.97. The van der Waals surface area contributed by atoms with Crippen molar-refractivity contribution in [3.8, 4) is 0 Å². The van der Waals surface area contributed by atoms with Gasteiger partial charge in [-0.15, -0.1) is 0 Å². The third kappa shape index (κ3) is 2.02. The summed E-state index contributed by atoms with van der Waals surface area (Å²) in [6, 6.07) is 7.81. The fraction of sp³-hybridized carbons (Fsp3) is 0.400. The number of rotatable bonds is 3. The highest BCUT2D eigenvalue weighted by molar-refractivity contribution is 6.30. The quantitative estimate of drug-likeness (QED) is 0.915. The van der Waals surface area contributed by atoms with Crippen LogP contribution < -0.4 is 5.69 Å². The minimum absolute atomic E-state index is 0.0175. The number of hydrogen-bond donors (Lipinski definition) is 1. The van der Waals surface area contributed by atoms with Crippen LogP contribution in [0.1, 0.15) is 43.9 Å². The van der Waals surface area contributed by atoms with E-state index in [4.69, 9.17) is 11.6 Å². The van der Waals surface area contributed by atoms with Crippen LogP contribution in [0.5, 0.6) is 0 Å². The van der Waals surface area contributed by atoms with Gasteiger partial charge in [0, 0.05) is 16.9 Å². The molecule has 1 aliphatic rings. The van der Waals surface area contributed by atoms with Gasteiger partial charge in [-0.05, 0) is 36.5 Å². The van der Waals surface area contributed by atoms with Gasteiger partial charge < -0.3 is 4.98 Å². The van der Waals surface area contributed by atoms with Gasteiger partial charge in [0.05, 0.1) is 5.54 Å². The van der Waals surface area contributed by atoms with E-state index in [-0.39, 0.29) is 11.2 Å². The Morgan fingerprint density at radius 1 is 1.26 bits per heavy atom. The Labute approximate surface area is 117 Å². The van der Waals surface area contributed by atoms with Gasteiger partial charge >= 0.3 is 5.69 Å². The van der Waals surface area contributed by atoms with E-state index >= 15 is 0 Å². The zero-order valence-electron chi connectivity index (χ0n) is 11.1. The molecule has 0 radical (unpaired) electrons. The molecule has 100 valence electrons. The predicted octanol–water partition coefficient (Wildman–Crippen LogP) is 3.49. The number of nitrogens with one attached hydrogen (secondary N) is 1. The van der Waals surface area contributed by atoms with Crippen molar-refractivity contribution in [1.29, 1.82) is 0 Å². The SMILES string of the molecule is CC(C)c1cn(C2(c3ccc(Cl)cc3)CC2)c(=O)[nH]1. The van der Waals surface area contributed by atoms with Crippen LogP contribution in [0.25, 0.3) is 0 Å². The fourth-order valence-electron chi connectivity index (χ4n) is 2.57. The van der Waals surface area contributed by atoms with Crippen molar-refractivity contribution >= 4 is 11.6 Å². The van der Waals surface area contributed by atoms with E-state index in [1.54, 1.807) is 0 Å². The first kappa shape index (κ1) is 12.5. The van der Waals surface area contributed by atoms with Crippen molar-refractivity contribution in [2.75, 3.05) is 0 Å². The van der Waals surface area contributed by atoms with Crippen molar-refractivity contribution in [3.05, 3.63) is 57.2 Å². The van der Waals surface area contributed by atoms with E-state index in [0.717, 1.165) is 29.1 Å². The minimum atomic E-state index is -0.161. The Balaban J connectivity index is 2.06. The molecular formula is C15H17ClN2O. The van der Waals surface area contributed by atoms with Crippen LogP contribution in [0.2, 0.25) is 5.02 Å². The summed E-state index contributed by atoms with van der Waals surface area (Å²) in [7, 11) is 0. The third-order valence-corrected chi connectivity index (χ3v) is 4.18. The van der Waals surface area contributed by atoms with Gasteiger partial charge in [-0.25, -0.2) is 4.79 Å². The van der Waals surface area contributed by atoms with Gasteiger partial charge in [-0.2, -0.15) is 0 Å². The number of nitrogens with zero attached hydrogens (tertiary/aromatic N) is 1. The Bertz CT molecular complexity index is 648. The highest BCUT2D eigenvalue weighted by atomic mass is 35.5. The molecule has 0 saturated heterocycles. The molecule has 1 heterocycles. The number of benzene rings is 1. The molecule has 4 heteroatoms. The summed E-state index contributed by atoms with van der Waals surface area (Å²) >= 11 is 5.93. The topological polar surface area (TPSA) is 37.8 Å². The summed E-state index contributed by atoms with van der Waals surface area (Å²) in [5.74, 6) is 0.329. The van der Waals surface area contributed by atoms with Crippen LogP contribution in [-0.4, -0.2) is 9.55 Å². The van der Waals surface area contributed by atoms with Gasteiger partial charge in [0.1, 0.15) is 0 Å². The summed E-state index contributed by atoms with van der Waals surface area (Å²) < 4.78 is 1.85. The lowest BCUT2D eigenvalue weighted by atomic mass is 10.0. The lowest BCUT2D eigenvalue weighted by Crippen LogP contribution is -2.28. The first-order chi connectivity index (χ1) is 9.03. The molecule has 1 aliphatic carbocycles. The maximum absolute atomic E-state index is 12.2. The first-order valence-corrected chi connectivity index (χ1v) is 6.99. The first-order valence-electron chi connectivity index (χ1n) is 6.61. The second-order valence-electron chi connectivity index (χ2n) is 5.58. The summed E-state index contributed by atoms with van der Waals surface area (Å²) in [5, 5.41) is 0.726. The fourth-order valence-corrected chi connectivity index (χ4v) is 2.70. The number of H-pyrrole nitrogens is 1. The lowest BCUT2D eigenvalue weighted by Gasteiger charge is -2.16. The molecule has 19 heavy (non-hydrogen) atoms. The van der Waals surface area contributed by atoms with Crippen molar-refractivity contribution in [2.24, 2.45) is 0 Å². The van der Waals surface area contributed by atoms with E-state index < -0.39 is 0 Å². The molecular weight excluding hydrogens is 260 g/mol. The Morgan fingerprint density at radius 3 is 2.37 bits per heavy atom. The number of aromatic nitrogens is 2. The number of halogens is 1. The molecule has 3 rings (SSSR count). The maximum Gasteiger partial charge on any atom is 0.326 e. The molecule has 1 N–H and O–H groups in total. The Hall–Kier alpha value is -1.48. The molecule has 0 bridgehead atoms. The van der Waals surface area contributed by atoms with Crippen LogP contribution >= 0.6 is 11.6 Å². The van der Waals surface area contributed by atoms with Crippen LogP contribution in [0.15, 0.2) is 35.3 Å². The van der Waals surface area contributed by atoms with E-state index in [0.29, 0.717) is 5.92 Å². The van der Waals surface area contributed by atoms with Crippen LogP contribution in [0.3, 0.4) is 0 Å². The minimum Gasteiger partial charge on any atom is -0.310 e. The van der Waals surface area contributed by atoms with Gasteiger partial charge in [0.2, 0.25) is 0 Å². The predicted molar refractivity (Wildman–Crippen MR) is 76.9 cm³/mol. The van der Waals surface area contributed by atoms with Gasteiger partial charge in [0.25, 0.3) is 0 Å². The summed E-state index contributed by atoms with van der Waals surface area (Å²) in [4.78, 5) is 15.1. The van der Waals surface area contributed by atoms with Gasteiger partial charge in [0.15, 0.2) is 0 Å². The third-order valence-electron chi connectivity index (χ3n) is 3.93. The van der Waals surface area contributed by atoms with Crippen molar-refractivity contribution in [2.45, 2.75) is 38.1 Å². The molecule has 1 saturated carbocycles. The van der Waals surface area contributed by atoms with Crippen molar-refractivity contribution in [3.63, 3.8) is 0 Å². The van der Waals surface area contributed by atoms with Gasteiger partial charge in [-0.3, -0.25) is 4.57 Å². The van der Waals surface area contributed by atoms with E-state index in [1.165, 1.54) is 0 Å². The van der Waals surface area contributed by atoms with Crippen LogP contribution in [0.4, 0.5) is 0 Å². The molecule has 1 aromatic heterocycles. The standard InChI is InChI=1S/C15H17ClN2O/c1-10(2)13-9-18(14(19)17-13)15(7-8-15)11-3-5-12(16)6-4-11/h3-6,9-10H,7-8H2,1-2H3,(H,17,19). The van der Waals surface area contributed by atoms with E-state index in [1.807, 2.05) is 35.0 Å². The molecule has 3 nitrogen and oxygen atoms in total. The monoisotopic (exact) mass is 276 g/mol. The van der Waals surface area contributed by atoms with Crippen LogP contribution in [-0.2, 0) is 5.54 Å². The molecule has 1 fully saturated rings. The van der Waals surface area contributed by atoms with Crippen LogP contribution in [0, 0.1) is 0 Å². The zero-order valence-corrected chi connectivity index (χ0v) is 11.9. The van der Waals surface area contributed by atoms with Crippen molar-refractivity contribution < 1.29 is 0 Å². The number of imidazole rings is 1. The Kier molecular flexibility index (Phi) is 2.82. The molecule has 0 unspecified atom stereocenters. The van der Waals surface area contributed by atoms with Gasteiger partial charge in [-0.1, -0.05) is 37.6 Å². The molecule has 0 aliphatic heterocycles. The normalized spacial score (nSPS) is 16.8.